The lowest BCUT2D eigenvalue weighted by atomic mass is 9.76. The highest BCUT2D eigenvalue weighted by molar-refractivity contribution is 6.74. The second-order valence-electron chi connectivity index (χ2n) is 8.80. The minimum absolute atomic E-state index is 0.155. The molecule has 0 saturated heterocycles. The summed E-state index contributed by atoms with van der Waals surface area (Å²) in [5.74, 6) is 0.438. The van der Waals surface area contributed by atoms with Crippen LogP contribution in [-0.4, -0.2) is 26.0 Å². The molecule has 0 aromatic carbocycles. The molecule has 1 saturated carbocycles. The van der Waals surface area contributed by atoms with Crippen LogP contribution in [0.15, 0.2) is 11.6 Å². The van der Waals surface area contributed by atoms with Crippen molar-refractivity contribution >= 4 is 14.3 Å². The predicted molar refractivity (Wildman–Crippen MR) is 92.3 cm³/mol. The minimum Gasteiger partial charge on any atom is -0.452 e. The van der Waals surface area contributed by atoms with Crippen LogP contribution in [0.25, 0.3) is 0 Å². The van der Waals surface area contributed by atoms with Crippen molar-refractivity contribution in [2.75, 3.05) is 0 Å². The van der Waals surface area contributed by atoms with Crippen molar-refractivity contribution in [3.8, 4) is 0 Å². The molecule has 0 N–H and O–H groups in total. The van der Waals surface area contributed by atoms with E-state index in [0.29, 0.717) is 5.92 Å². The van der Waals surface area contributed by atoms with Crippen LogP contribution in [0.2, 0.25) is 18.1 Å². The first-order chi connectivity index (χ1) is 9.97. The highest BCUT2D eigenvalue weighted by Gasteiger charge is 2.52. The third kappa shape index (κ3) is 3.33. The van der Waals surface area contributed by atoms with Crippen LogP contribution in [-0.2, 0) is 14.0 Å². The van der Waals surface area contributed by atoms with E-state index in [9.17, 15) is 4.79 Å². The van der Waals surface area contributed by atoms with Crippen LogP contribution < -0.4 is 0 Å². The van der Waals surface area contributed by atoms with Crippen LogP contribution in [0, 0.1) is 5.92 Å². The van der Waals surface area contributed by atoms with Crippen LogP contribution in [0.3, 0.4) is 0 Å². The summed E-state index contributed by atoms with van der Waals surface area (Å²) < 4.78 is 12.6. The molecule has 0 bridgehead atoms. The third-order valence-corrected chi connectivity index (χ3v) is 10.3. The highest BCUT2D eigenvalue weighted by atomic mass is 28.4. The lowest BCUT2D eigenvalue weighted by molar-refractivity contribution is -0.153. The largest absolute Gasteiger partial charge is 0.452 e. The van der Waals surface area contributed by atoms with Gasteiger partial charge in [-0.3, -0.25) is 0 Å². The average molecular weight is 325 g/mol. The van der Waals surface area contributed by atoms with Crippen molar-refractivity contribution in [1.29, 1.82) is 0 Å². The van der Waals surface area contributed by atoms with Crippen LogP contribution in [0.4, 0.5) is 0 Å². The molecule has 0 aromatic rings. The molecule has 0 spiro atoms. The van der Waals surface area contributed by atoms with Gasteiger partial charge in [0.15, 0.2) is 8.32 Å². The Balaban J connectivity index is 2.33. The summed E-state index contributed by atoms with van der Waals surface area (Å²) >= 11 is 0. The molecule has 0 aromatic heterocycles. The predicted octanol–water partition coefficient (Wildman–Crippen LogP) is 4.83. The molecule has 126 valence electrons. The number of cyclic esters (lactones) is 1. The lowest BCUT2D eigenvalue weighted by Gasteiger charge is -2.50. The van der Waals surface area contributed by atoms with Crippen molar-refractivity contribution in [3.63, 3.8) is 0 Å². The molecule has 0 amide bonds. The number of carbonyl (C=O) groups is 1. The molecule has 1 heterocycles. The SMILES string of the molecule is CC1=CC(C2(O[Si](C)(C)C(C)(C)C)CCCC(C)C2)OC1=O. The molecule has 3 unspecified atom stereocenters. The maximum Gasteiger partial charge on any atom is 0.334 e. The van der Waals surface area contributed by atoms with Gasteiger partial charge in [0.1, 0.15) is 6.10 Å². The molecular formula is C18H32O3Si. The molecule has 4 heteroatoms. The quantitative estimate of drug-likeness (QED) is 0.551. The van der Waals surface area contributed by atoms with Crippen molar-refractivity contribution < 1.29 is 14.0 Å². The first kappa shape index (κ1) is 17.7. The van der Waals surface area contributed by atoms with Gasteiger partial charge in [-0.05, 0) is 49.9 Å². The zero-order chi connectivity index (χ0) is 16.8. The van der Waals surface area contributed by atoms with Crippen LogP contribution in [0.1, 0.15) is 60.3 Å². The number of rotatable bonds is 3. The highest BCUT2D eigenvalue weighted by Crippen LogP contribution is 2.47. The number of carbonyl (C=O) groups excluding carboxylic acids is 1. The van der Waals surface area contributed by atoms with Gasteiger partial charge < -0.3 is 9.16 Å². The Morgan fingerprint density at radius 1 is 1.36 bits per heavy atom. The van der Waals surface area contributed by atoms with Crippen LogP contribution >= 0.6 is 0 Å². The van der Waals surface area contributed by atoms with E-state index < -0.39 is 8.32 Å². The Morgan fingerprint density at radius 3 is 2.45 bits per heavy atom. The Bertz CT molecular complexity index is 475. The molecule has 2 aliphatic rings. The summed E-state index contributed by atoms with van der Waals surface area (Å²) in [4.78, 5) is 11.9. The first-order valence-electron chi connectivity index (χ1n) is 8.56. The van der Waals surface area contributed by atoms with Gasteiger partial charge in [0.25, 0.3) is 0 Å². The standard InChI is InChI=1S/C18H32O3Si/c1-13-9-8-10-18(12-13,15-11-14(2)16(19)20-15)21-22(6,7)17(3,4)5/h11,13,15H,8-10,12H2,1-7H3. The molecule has 1 fully saturated rings. The number of hydrogen-bond donors (Lipinski definition) is 0. The fraction of sp³-hybridized carbons (Fsp3) is 0.833. The maximum atomic E-state index is 11.9. The van der Waals surface area contributed by atoms with Gasteiger partial charge in [0.05, 0.1) is 5.60 Å². The lowest BCUT2D eigenvalue weighted by Crippen LogP contribution is -2.56. The van der Waals surface area contributed by atoms with Gasteiger partial charge in [-0.1, -0.05) is 40.5 Å². The van der Waals surface area contributed by atoms with Crippen molar-refractivity contribution in [2.45, 2.75) is 90.1 Å². The van der Waals surface area contributed by atoms with E-state index in [-0.39, 0.29) is 22.7 Å². The van der Waals surface area contributed by atoms with E-state index in [1.807, 2.05) is 13.0 Å². The summed E-state index contributed by atoms with van der Waals surface area (Å²) in [6, 6.07) is 0. The van der Waals surface area contributed by atoms with Gasteiger partial charge in [-0.25, -0.2) is 4.79 Å². The number of esters is 1. The smallest absolute Gasteiger partial charge is 0.334 e. The summed E-state index contributed by atoms with van der Waals surface area (Å²) in [5.41, 5.74) is 0.398. The summed E-state index contributed by atoms with van der Waals surface area (Å²) in [6.07, 6.45) is 6.15. The van der Waals surface area contributed by atoms with E-state index in [0.717, 1.165) is 24.8 Å². The molecular weight excluding hydrogens is 292 g/mol. The van der Waals surface area contributed by atoms with Gasteiger partial charge in [0, 0.05) is 5.57 Å². The van der Waals surface area contributed by atoms with E-state index in [1.165, 1.54) is 6.42 Å². The Kier molecular flexibility index (Phi) is 4.67. The maximum absolute atomic E-state index is 11.9. The normalized spacial score (nSPS) is 33.6. The zero-order valence-corrected chi connectivity index (χ0v) is 16.3. The van der Waals surface area contributed by atoms with Gasteiger partial charge in [0.2, 0.25) is 0 Å². The number of ether oxygens (including phenoxy) is 1. The van der Waals surface area contributed by atoms with Gasteiger partial charge in [-0.15, -0.1) is 0 Å². The first-order valence-corrected chi connectivity index (χ1v) is 11.5. The molecule has 3 atom stereocenters. The Hall–Kier alpha value is -0.613. The zero-order valence-electron chi connectivity index (χ0n) is 15.3. The number of hydrogen-bond acceptors (Lipinski definition) is 3. The molecule has 1 aliphatic carbocycles. The van der Waals surface area contributed by atoms with E-state index >= 15 is 0 Å². The van der Waals surface area contributed by atoms with Crippen molar-refractivity contribution in [2.24, 2.45) is 5.92 Å². The fourth-order valence-corrected chi connectivity index (χ4v) is 5.03. The molecule has 3 nitrogen and oxygen atoms in total. The van der Waals surface area contributed by atoms with Crippen LogP contribution in [0.5, 0.6) is 0 Å². The fourth-order valence-electron chi connectivity index (χ4n) is 3.41. The van der Waals surface area contributed by atoms with E-state index in [2.05, 4.69) is 40.8 Å². The van der Waals surface area contributed by atoms with Gasteiger partial charge in [-0.2, -0.15) is 0 Å². The monoisotopic (exact) mass is 324 g/mol. The second-order valence-corrected chi connectivity index (χ2v) is 13.5. The summed E-state index contributed by atoms with van der Waals surface area (Å²) in [7, 11) is -1.93. The molecule has 0 radical (unpaired) electrons. The second kappa shape index (κ2) is 5.79. The molecule has 22 heavy (non-hydrogen) atoms. The third-order valence-electron chi connectivity index (χ3n) is 5.73. The summed E-state index contributed by atoms with van der Waals surface area (Å²) in [6.45, 7) is 15.5. The topological polar surface area (TPSA) is 35.5 Å². The van der Waals surface area contributed by atoms with Gasteiger partial charge >= 0.3 is 5.97 Å². The molecule has 2 rings (SSSR count). The van der Waals surface area contributed by atoms with Crippen molar-refractivity contribution in [1.82, 2.24) is 0 Å². The minimum atomic E-state index is -1.93. The summed E-state index contributed by atoms with van der Waals surface area (Å²) in [5, 5.41) is 0.155. The van der Waals surface area contributed by atoms with Crippen molar-refractivity contribution in [3.05, 3.63) is 11.6 Å². The Labute approximate surface area is 136 Å². The van der Waals surface area contributed by atoms with E-state index in [1.54, 1.807) is 0 Å². The average Bonchev–Trinajstić information content (AvgIpc) is 2.68. The van der Waals surface area contributed by atoms with E-state index in [4.69, 9.17) is 9.16 Å². The molecule has 1 aliphatic heterocycles. The Morgan fingerprint density at radius 2 is 2.00 bits per heavy atom.